The van der Waals surface area contributed by atoms with E-state index in [1.807, 2.05) is 24.5 Å². The average molecular weight is 331 g/mol. The Morgan fingerprint density at radius 2 is 2.29 bits per heavy atom. The van der Waals surface area contributed by atoms with Gasteiger partial charge >= 0.3 is 6.03 Å². The van der Waals surface area contributed by atoms with Gasteiger partial charge in [0.1, 0.15) is 17.8 Å². The number of nitrogens with zero attached hydrogens (tertiary/aromatic N) is 3. The van der Waals surface area contributed by atoms with Gasteiger partial charge in [0.2, 0.25) is 0 Å². The van der Waals surface area contributed by atoms with Gasteiger partial charge in [-0.1, -0.05) is 13.8 Å². The molecule has 130 valence electrons. The van der Waals surface area contributed by atoms with Gasteiger partial charge in [-0.2, -0.15) is 0 Å². The number of hydrogen-bond acceptors (Lipinski definition) is 4. The third-order valence-electron chi connectivity index (χ3n) is 4.48. The topological polar surface area (TPSA) is 85.0 Å². The minimum atomic E-state index is -0.201. The summed E-state index contributed by atoms with van der Waals surface area (Å²) < 4.78 is 7.71. The van der Waals surface area contributed by atoms with Crippen LogP contribution in [0.2, 0.25) is 0 Å². The monoisotopic (exact) mass is 331 g/mol. The van der Waals surface area contributed by atoms with Crippen LogP contribution >= 0.6 is 0 Å². The van der Waals surface area contributed by atoms with Crippen molar-refractivity contribution in [2.45, 2.75) is 59.7 Å². The summed E-state index contributed by atoms with van der Waals surface area (Å²) in [6.45, 7) is 9.49. The predicted molar refractivity (Wildman–Crippen MR) is 89.4 cm³/mol. The second kappa shape index (κ2) is 6.30. The van der Waals surface area contributed by atoms with Crippen LogP contribution in [-0.4, -0.2) is 20.8 Å². The van der Waals surface area contributed by atoms with Gasteiger partial charge < -0.3 is 19.6 Å². The Kier molecular flexibility index (Phi) is 4.34. The summed E-state index contributed by atoms with van der Waals surface area (Å²) in [6.07, 6.45) is 3.45. The van der Waals surface area contributed by atoms with Crippen LogP contribution in [0.3, 0.4) is 0 Å². The number of carbonyl (C=O) groups is 1. The van der Waals surface area contributed by atoms with Crippen molar-refractivity contribution in [3.8, 4) is 0 Å². The van der Waals surface area contributed by atoms with E-state index in [0.29, 0.717) is 6.54 Å². The summed E-state index contributed by atoms with van der Waals surface area (Å²) in [5, 5.41) is 13.8. The second-order valence-corrected chi connectivity index (χ2v) is 7.19. The van der Waals surface area contributed by atoms with Crippen LogP contribution in [0, 0.1) is 12.3 Å². The highest BCUT2D eigenvalue weighted by Crippen LogP contribution is 2.41. The first-order valence-electron chi connectivity index (χ1n) is 8.38. The molecule has 0 unspecified atom stereocenters. The highest BCUT2D eigenvalue weighted by molar-refractivity contribution is 5.74. The minimum absolute atomic E-state index is 0.0368. The second-order valence-electron chi connectivity index (χ2n) is 7.19. The summed E-state index contributed by atoms with van der Waals surface area (Å²) in [5.41, 5.74) is 1.19. The quantitative estimate of drug-likeness (QED) is 0.902. The van der Waals surface area contributed by atoms with Crippen LogP contribution in [-0.2, 0) is 19.5 Å². The molecule has 0 radical (unpaired) electrons. The molecule has 2 aromatic rings. The van der Waals surface area contributed by atoms with E-state index in [4.69, 9.17) is 4.42 Å². The van der Waals surface area contributed by atoms with Crippen LogP contribution in [0.15, 0.2) is 16.8 Å². The molecule has 0 saturated carbocycles. The average Bonchev–Trinajstić information content (AvgIpc) is 3.09. The third-order valence-corrected chi connectivity index (χ3v) is 4.48. The first-order valence-corrected chi connectivity index (χ1v) is 8.38. The maximum atomic E-state index is 12.3. The molecule has 0 bridgehead atoms. The fraction of sp³-hybridized carbons (Fsp3) is 0.588. The van der Waals surface area contributed by atoms with E-state index < -0.39 is 0 Å². The lowest BCUT2D eigenvalue weighted by atomic mass is 9.75. The van der Waals surface area contributed by atoms with Gasteiger partial charge in [0.25, 0.3) is 0 Å². The van der Waals surface area contributed by atoms with Gasteiger partial charge in [-0.15, -0.1) is 10.2 Å². The van der Waals surface area contributed by atoms with E-state index in [-0.39, 0.29) is 17.5 Å². The molecule has 2 heterocycles. The number of nitrogens with one attached hydrogen (secondary N) is 2. The molecule has 0 aromatic carbocycles. The molecule has 7 nitrogen and oxygen atoms in total. The highest BCUT2D eigenvalue weighted by Gasteiger charge is 2.35. The summed E-state index contributed by atoms with van der Waals surface area (Å²) in [4.78, 5) is 12.3. The third kappa shape index (κ3) is 3.44. The Balaban J connectivity index is 1.65. The Bertz CT molecular complexity index is 731. The van der Waals surface area contributed by atoms with E-state index in [2.05, 4.69) is 34.7 Å². The number of carbonyl (C=O) groups excluding carboxylic acids is 1. The molecule has 0 saturated heterocycles. The fourth-order valence-corrected chi connectivity index (χ4v) is 3.36. The normalized spacial score (nSPS) is 18.9. The number of furan rings is 1. The van der Waals surface area contributed by atoms with E-state index in [1.54, 1.807) is 6.33 Å². The zero-order valence-electron chi connectivity index (χ0n) is 14.7. The number of aromatic nitrogens is 3. The largest absolute Gasteiger partial charge is 0.466 e. The standard InChI is InChI=1S/C17H25N5O2/c1-5-22-10-19-21-15(22)9-18-16(23)20-13-7-17(3,4)8-14-12(13)6-11(2)24-14/h6,10,13H,5,7-9H2,1-4H3,(H2,18,20,23)/t13-/m1/s1. The first-order chi connectivity index (χ1) is 11.4. The van der Waals surface area contributed by atoms with Crippen LogP contribution in [0.5, 0.6) is 0 Å². The number of fused-ring (bicyclic) bond motifs is 1. The summed E-state index contributed by atoms with van der Waals surface area (Å²) >= 11 is 0. The Morgan fingerprint density at radius 1 is 1.50 bits per heavy atom. The molecule has 2 amide bonds. The maximum absolute atomic E-state index is 12.3. The van der Waals surface area contributed by atoms with Crippen molar-refractivity contribution in [2.24, 2.45) is 5.41 Å². The number of aryl methyl sites for hydroxylation is 2. The van der Waals surface area contributed by atoms with Gasteiger partial charge in [0.15, 0.2) is 5.82 Å². The molecule has 2 aromatic heterocycles. The Hall–Kier alpha value is -2.31. The summed E-state index contributed by atoms with van der Waals surface area (Å²) in [7, 11) is 0. The fourth-order valence-electron chi connectivity index (χ4n) is 3.36. The molecule has 3 rings (SSSR count). The van der Waals surface area contributed by atoms with Crippen LogP contribution in [0.1, 0.15) is 56.1 Å². The predicted octanol–water partition coefficient (Wildman–Crippen LogP) is 2.71. The van der Waals surface area contributed by atoms with E-state index in [1.165, 1.54) is 0 Å². The van der Waals surface area contributed by atoms with Crippen molar-refractivity contribution >= 4 is 6.03 Å². The van der Waals surface area contributed by atoms with Crippen molar-refractivity contribution in [1.82, 2.24) is 25.4 Å². The molecule has 0 spiro atoms. The zero-order chi connectivity index (χ0) is 17.3. The Morgan fingerprint density at radius 3 is 3.04 bits per heavy atom. The molecule has 0 aliphatic heterocycles. The van der Waals surface area contributed by atoms with E-state index in [9.17, 15) is 4.79 Å². The number of rotatable bonds is 4. The zero-order valence-corrected chi connectivity index (χ0v) is 14.7. The van der Waals surface area contributed by atoms with Gasteiger partial charge in [0, 0.05) is 18.5 Å². The van der Waals surface area contributed by atoms with Crippen molar-refractivity contribution in [1.29, 1.82) is 0 Å². The van der Waals surface area contributed by atoms with Crippen LogP contribution in [0.4, 0.5) is 4.79 Å². The minimum Gasteiger partial charge on any atom is -0.466 e. The van der Waals surface area contributed by atoms with Gasteiger partial charge in [-0.25, -0.2) is 4.79 Å². The summed E-state index contributed by atoms with van der Waals surface area (Å²) in [5.74, 6) is 2.62. The number of amides is 2. The van der Waals surface area contributed by atoms with E-state index in [0.717, 1.165) is 42.3 Å². The number of urea groups is 1. The molecule has 7 heteroatoms. The van der Waals surface area contributed by atoms with E-state index >= 15 is 0 Å². The molecular weight excluding hydrogens is 306 g/mol. The SMILES string of the molecule is CCn1cnnc1CNC(=O)N[C@@H]1CC(C)(C)Cc2oc(C)cc21. The van der Waals surface area contributed by atoms with Crippen molar-refractivity contribution in [3.63, 3.8) is 0 Å². The molecule has 1 atom stereocenters. The lowest BCUT2D eigenvalue weighted by Gasteiger charge is -2.34. The maximum Gasteiger partial charge on any atom is 0.315 e. The lowest BCUT2D eigenvalue weighted by molar-refractivity contribution is 0.214. The summed E-state index contributed by atoms with van der Waals surface area (Å²) in [6, 6.07) is 1.79. The molecule has 24 heavy (non-hydrogen) atoms. The van der Waals surface area contributed by atoms with Crippen LogP contribution in [0.25, 0.3) is 0 Å². The van der Waals surface area contributed by atoms with Crippen LogP contribution < -0.4 is 10.6 Å². The van der Waals surface area contributed by atoms with Crippen molar-refractivity contribution < 1.29 is 9.21 Å². The molecular formula is C17H25N5O2. The smallest absolute Gasteiger partial charge is 0.315 e. The molecule has 0 fully saturated rings. The molecule has 1 aliphatic carbocycles. The molecule has 1 aliphatic rings. The highest BCUT2D eigenvalue weighted by atomic mass is 16.3. The Labute approximate surface area is 141 Å². The van der Waals surface area contributed by atoms with Crippen molar-refractivity contribution in [3.05, 3.63) is 35.3 Å². The van der Waals surface area contributed by atoms with Gasteiger partial charge in [-0.3, -0.25) is 0 Å². The van der Waals surface area contributed by atoms with Gasteiger partial charge in [0.05, 0.1) is 12.6 Å². The van der Waals surface area contributed by atoms with Gasteiger partial charge in [-0.05, 0) is 31.7 Å². The number of hydrogen-bond donors (Lipinski definition) is 2. The first kappa shape index (κ1) is 16.5. The lowest BCUT2D eigenvalue weighted by Crippen LogP contribution is -2.41. The molecule has 2 N–H and O–H groups in total. The van der Waals surface area contributed by atoms with Crippen molar-refractivity contribution in [2.75, 3.05) is 0 Å².